The summed E-state index contributed by atoms with van der Waals surface area (Å²) in [6.07, 6.45) is 0.859. The molecule has 296 valence electrons. The van der Waals surface area contributed by atoms with Crippen molar-refractivity contribution in [1.82, 2.24) is 10.2 Å². The van der Waals surface area contributed by atoms with E-state index in [9.17, 15) is 24.3 Å². The normalized spacial score (nSPS) is 29.7. The molecule has 14 heteroatoms. The van der Waals surface area contributed by atoms with Crippen molar-refractivity contribution in [3.63, 3.8) is 0 Å². The number of esters is 1. The van der Waals surface area contributed by atoms with Crippen LogP contribution in [0.5, 0.6) is 5.75 Å². The van der Waals surface area contributed by atoms with Crippen LogP contribution in [0.25, 0.3) is 5.57 Å². The number of likely N-dealkylation sites (N-methyl/N-ethyl adjacent to an activating group) is 1. The van der Waals surface area contributed by atoms with E-state index in [2.05, 4.69) is 11.9 Å². The predicted molar refractivity (Wildman–Crippen MR) is 207 cm³/mol. The van der Waals surface area contributed by atoms with E-state index in [0.717, 1.165) is 22.3 Å². The maximum Gasteiger partial charge on any atom is 0.409 e. The molecule has 5 rings (SSSR count). The molecule has 3 aliphatic rings. The fraction of sp³-hybridized carbons (Fsp3) is 0.463. The number of carbonyl (C=O) groups excluding carboxylic acids is 4. The number of allylic oxidation sites excluding steroid dienone is 4. The lowest BCUT2D eigenvalue weighted by atomic mass is 9.83. The highest BCUT2D eigenvalue weighted by molar-refractivity contribution is 6.35. The van der Waals surface area contributed by atoms with Crippen LogP contribution in [-0.2, 0) is 35.0 Å². The van der Waals surface area contributed by atoms with Crippen molar-refractivity contribution in [2.75, 3.05) is 39.8 Å². The predicted octanol–water partition coefficient (Wildman–Crippen LogP) is 5.47. The average molecular weight is 780 g/mol. The van der Waals surface area contributed by atoms with Crippen LogP contribution in [0.2, 0.25) is 5.02 Å². The van der Waals surface area contributed by atoms with Crippen LogP contribution < -0.4 is 15.0 Å². The molecule has 2 fully saturated rings. The lowest BCUT2D eigenvalue weighted by Gasteiger charge is -2.42. The third-order valence-electron chi connectivity index (χ3n) is 10.6. The number of nitrogens with zero attached hydrogens (tertiary/aromatic N) is 2. The standard InChI is InChI=1S/C41H50ClN3O10/c1-23(2)27-13-15-28(16-14-27)38(48)44(6)22-35(47)54-33-20-34(46)45(7)29-18-26(19-30(51-8)36(29)42)17-24(3)11-10-12-32(52-9)41(50)21-31(53-39(49)43-41)25(4)37-40(33,5)55-37/h10-16,18-19,25,31-33,37,50H,1,17,20-22H2,2-9H3,(H,43,49)/b12-10+,24-11+/t25-,31+,32-,33+,37+,40+,41+/m1/s1. The molecule has 3 heterocycles. The molecule has 0 radical (unpaired) electrons. The van der Waals surface area contributed by atoms with Gasteiger partial charge >= 0.3 is 12.1 Å². The molecule has 0 unspecified atom stereocenters. The largest absolute Gasteiger partial charge is 0.495 e. The van der Waals surface area contributed by atoms with Gasteiger partial charge in [0.05, 0.1) is 25.3 Å². The first-order valence-electron chi connectivity index (χ1n) is 18.0. The van der Waals surface area contributed by atoms with E-state index < -0.39 is 72.1 Å². The summed E-state index contributed by atoms with van der Waals surface area (Å²) in [7, 11) is 5.97. The molecule has 0 aromatic heterocycles. The number of rotatable bonds is 7. The first-order valence-corrected chi connectivity index (χ1v) is 18.4. The number of halogens is 1. The van der Waals surface area contributed by atoms with Gasteiger partial charge in [-0.3, -0.25) is 19.7 Å². The summed E-state index contributed by atoms with van der Waals surface area (Å²) in [4.78, 5) is 56.5. The van der Waals surface area contributed by atoms with E-state index in [0.29, 0.717) is 23.4 Å². The van der Waals surface area contributed by atoms with Crippen molar-refractivity contribution in [2.45, 2.75) is 82.7 Å². The summed E-state index contributed by atoms with van der Waals surface area (Å²) in [6, 6.07) is 10.5. The second-order valence-corrected chi connectivity index (χ2v) is 15.2. The summed E-state index contributed by atoms with van der Waals surface area (Å²) >= 11 is 6.76. The second-order valence-electron chi connectivity index (χ2n) is 14.8. The smallest absolute Gasteiger partial charge is 0.409 e. The van der Waals surface area contributed by atoms with Crippen molar-refractivity contribution >= 4 is 46.7 Å². The zero-order chi connectivity index (χ0) is 40.4. The van der Waals surface area contributed by atoms with Gasteiger partial charge in [0.25, 0.3) is 5.91 Å². The van der Waals surface area contributed by atoms with Crippen molar-refractivity contribution < 1.29 is 48.0 Å². The first-order chi connectivity index (χ1) is 25.9. The summed E-state index contributed by atoms with van der Waals surface area (Å²) in [5, 5.41) is 14.5. The Morgan fingerprint density at radius 3 is 2.47 bits per heavy atom. The number of anilines is 1. The van der Waals surface area contributed by atoms with Crippen LogP contribution in [0.3, 0.4) is 0 Å². The molecule has 2 N–H and O–H groups in total. The van der Waals surface area contributed by atoms with Crippen LogP contribution >= 0.6 is 11.6 Å². The summed E-state index contributed by atoms with van der Waals surface area (Å²) in [5.74, 6) is -1.78. The van der Waals surface area contributed by atoms with E-state index in [4.69, 9.17) is 35.3 Å². The second kappa shape index (κ2) is 16.6. The van der Waals surface area contributed by atoms with E-state index in [1.54, 1.807) is 69.4 Å². The summed E-state index contributed by atoms with van der Waals surface area (Å²) in [5.41, 5.74) is 1.15. The van der Waals surface area contributed by atoms with Gasteiger partial charge in [-0.1, -0.05) is 66.6 Å². The van der Waals surface area contributed by atoms with Crippen molar-refractivity contribution in [2.24, 2.45) is 5.92 Å². The number of hydrogen-bond acceptors (Lipinski definition) is 10. The van der Waals surface area contributed by atoms with Crippen molar-refractivity contribution in [1.29, 1.82) is 0 Å². The zero-order valence-electron chi connectivity index (χ0n) is 32.5. The quantitative estimate of drug-likeness (QED) is 0.273. The van der Waals surface area contributed by atoms with E-state index in [1.165, 1.54) is 31.1 Å². The maximum absolute atomic E-state index is 14.1. The Morgan fingerprint density at radius 2 is 1.84 bits per heavy atom. The Kier molecular flexibility index (Phi) is 12.5. The lowest BCUT2D eigenvalue weighted by Crippen LogP contribution is -2.63. The molecule has 13 nitrogen and oxygen atoms in total. The van der Waals surface area contributed by atoms with Gasteiger partial charge in [-0.05, 0) is 62.6 Å². The maximum atomic E-state index is 14.1. The van der Waals surface area contributed by atoms with Crippen molar-refractivity contribution in [3.8, 4) is 5.75 Å². The van der Waals surface area contributed by atoms with Crippen LogP contribution in [0, 0.1) is 5.92 Å². The number of nitrogens with one attached hydrogen (secondary N) is 1. The number of amides is 3. The van der Waals surface area contributed by atoms with Crippen LogP contribution in [-0.4, -0.2) is 104 Å². The minimum atomic E-state index is -1.83. The highest BCUT2D eigenvalue weighted by Crippen LogP contribution is 2.49. The Balaban J connectivity index is 1.48. The van der Waals surface area contributed by atoms with Gasteiger partial charge < -0.3 is 38.6 Å². The minimum Gasteiger partial charge on any atom is -0.495 e. The molecule has 2 aromatic rings. The number of aliphatic hydroxyl groups is 1. The number of carbonyl (C=O) groups is 4. The Labute approximate surface area is 326 Å². The summed E-state index contributed by atoms with van der Waals surface area (Å²) in [6.45, 7) is 10.8. The molecule has 0 saturated carbocycles. The number of fused-ring (bicyclic) bond motifs is 5. The third kappa shape index (κ3) is 9.07. The van der Waals surface area contributed by atoms with E-state index >= 15 is 0 Å². The molecule has 0 spiro atoms. The van der Waals surface area contributed by atoms with Gasteiger partial charge in [-0.2, -0.15) is 0 Å². The molecule has 4 bridgehead atoms. The molecule has 0 aliphatic carbocycles. The number of benzene rings is 2. The van der Waals surface area contributed by atoms with E-state index in [1.807, 2.05) is 19.9 Å². The Morgan fingerprint density at radius 1 is 1.16 bits per heavy atom. The number of hydrogen-bond donors (Lipinski definition) is 2. The fourth-order valence-corrected chi connectivity index (χ4v) is 7.50. The van der Waals surface area contributed by atoms with Gasteiger partial charge in [0.15, 0.2) is 5.72 Å². The van der Waals surface area contributed by atoms with Gasteiger partial charge in [-0.15, -0.1) is 0 Å². The SMILES string of the molecule is C=C(C)c1ccc(C(=O)N(C)CC(=O)O[C@H]2CC(=O)N(C)c3cc(cc(OC)c3Cl)C/C(C)=C/C=C/[C@@H](OC)[C@@]3(O)C[C@H](OC(=O)N3)[C@@H](C)[C@@H]3O[C@@]23C)cc1. The first kappa shape index (κ1) is 41.5. The summed E-state index contributed by atoms with van der Waals surface area (Å²) < 4.78 is 29.1. The van der Waals surface area contributed by atoms with Crippen LogP contribution in [0.1, 0.15) is 62.0 Å². The van der Waals surface area contributed by atoms with Gasteiger partial charge in [0.2, 0.25) is 5.91 Å². The third-order valence-corrected chi connectivity index (χ3v) is 10.9. The lowest BCUT2D eigenvalue weighted by molar-refractivity contribution is -0.154. The number of alkyl carbamates (subject to hydrolysis) is 1. The minimum absolute atomic E-state index is 0.0576. The van der Waals surface area contributed by atoms with Gasteiger partial charge in [-0.25, -0.2) is 4.79 Å². The molecule has 3 aliphatic heterocycles. The molecule has 2 aromatic carbocycles. The van der Waals surface area contributed by atoms with Crippen LogP contribution in [0.15, 0.2) is 66.8 Å². The number of methoxy groups -OCH3 is 2. The monoisotopic (exact) mass is 779 g/mol. The van der Waals surface area contributed by atoms with E-state index in [-0.39, 0.29) is 17.9 Å². The molecule has 55 heavy (non-hydrogen) atoms. The average Bonchev–Trinajstić information content (AvgIpc) is 3.83. The molecule has 3 amide bonds. The van der Waals surface area contributed by atoms with Gasteiger partial charge in [0.1, 0.15) is 41.2 Å². The highest BCUT2D eigenvalue weighted by atomic mass is 35.5. The fourth-order valence-electron chi connectivity index (χ4n) is 7.18. The van der Waals surface area contributed by atoms with Gasteiger partial charge in [0, 0.05) is 39.1 Å². The number of ether oxygens (including phenoxy) is 5. The molecule has 2 saturated heterocycles. The zero-order valence-corrected chi connectivity index (χ0v) is 33.3. The molecular formula is C41H50ClN3O10. The molecule has 7 atom stereocenters. The highest BCUT2D eigenvalue weighted by Gasteiger charge is 2.64. The topological polar surface area (TPSA) is 156 Å². The Bertz CT molecular complexity index is 1900. The van der Waals surface area contributed by atoms with Crippen LogP contribution in [0.4, 0.5) is 10.5 Å². The molecular weight excluding hydrogens is 730 g/mol. The van der Waals surface area contributed by atoms with Crippen molar-refractivity contribution in [3.05, 3.63) is 88.5 Å². The Hall–Kier alpha value is -4.69. The number of epoxide rings is 1.